The third-order valence-corrected chi connectivity index (χ3v) is 3.52. The van der Waals surface area contributed by atoms with Gasteiger partial charge in [-0.3, -0.25) is 4.79 Å². The van der Waals surface area contributed by atoms with Crippen LogP contribution in [0.25, 0.3) is 0 Å². The average Bonchev–Trinajstić information content (AvgIpc) is 2.39. The van der Waals surface area contributed by atoms with Crippen molar-refractivity contribution in [3.8, 4) is 5.75 Å². The van der Waals surface area contributed by atoms with Gasteiger partial charge in [0.15, 0.2) is 18.2 Å². The van der Waals surface area contributed by atoms with E-state index in [2.05, 4.69) is 0 Å². The highest BCUT2D eigenvalue weighted by atomic mass is 35.5. The summed E-state index contributed by atoms with van der Waals surface area (Å²) < 4.78 is 19.0. The minimum absolute atomic E-state index is 0.0155. The van der Waals surface area contributed by atoms with Crippen LogP contribution in [0, 0.1) is 26.6 Å². The van der Waals surface area contributed by atoms with Crippen LogP contribution in [0.1, 0.15) is 27.0 Å². The number of hydrogen-bond acceptors (Lipinski definition) is 2. The first kappa shape index (κ1) is 15.5. The largest absolute Gasteiger partial charge is 0.482 e. The van der Waals surface area contributed by atoms with E-state index < -0.39 is 5.82 Å². The predicted molar refractivity (Wildman–Crippen MR) is 81.9 cm³/mol. The molecule has 0 saturated heterocycles. The molecule has 2 nitrogen and oxygen atoms in total. The minimum atomic E-state index is -0.649. The minimum Gasteiger partial charge on any atom is -0.482 e. The zero-order valence-electron chi connectivity index (χ0n) is 12.2. The predicted octanol–water partition coefficient (Wildman–Crippen LogP) is 4.67. The van der Waals surface area contributed by atoms with Crippen molar-refractivity contribution in [1.29, 1.82) is 0 Å². The van der Waals surface area contributed by atoms with Gasteiger partial charge in [0.2, 0.25) is 5.78 Å². The van der Waals surface area contributed by atoms with Crippen LogP contribution in [0.3, 0.4) is 0 Å². The first-order chi connectivity index (χ1) is 9.90. The molecule has 2 rings (SSSR count). The number of halogens is 2. The number of ketones is 1. The van der Waals surface area contributed by atoms with Crippen LogP contribution in [-0.4, -0.2) is 12.4 Å². The summed E-state index contributed by atoms with van der Waals surface area (Å²) in [6.45, 7) is 5.52. The Hall–Kier alpha value is -1.87. The Kier molecular flexibility index (Phi) is 4.63. The maximum atomic E-state index is 13.7. The van der Waals surface area contributed by atoms with Gasteiger partial charge in [0.05, 0.1) is 5.02 Å². The number of hydrogen-bond donors (Lipinski definition) is 0. The molecule has 0 aromatic heterocycles. The summed E-state index contributed by atoms with van der Waals surface area (Å²) in [7, 11) is 0. The van der Waals surface area contributed by atoms with E-state index in [4.69, 9.17) is 16.3 Å². The van der Waals surface area contributed by atoms with Crippen LogP contribution in [0.4, 0.5) is 4.39 Å². The molecule has 0 N–H and O–H groups in total. The van der Waals surface area contributed by atoms with Gasteiger partial charge in [0.1, 0.15) is 0 Å². The molecule has 0 unspecified atom stereocenters. The van der Waals surface area contributed by atoms with E-state index >= 15 is 0 Å². The second kappa shape index (κ2) is 6.27. The van der Waals surface area contributed by atoms with Crippen molar-refractivity contribution < 1.29 is 13.9 Å². The fourth-order valence-corrected chi connectivity index (χ4v) is 2.60. The second-order valence-electron chi connectivity index (χ2n) is 5.04. The topological polar surface area (TPSA) is 26.3 Å². The van der Waals surface area contributed by atoms with Crippen LogP contribution in [0.5, 0.6) is 5.75 Å². The summed E-state index contributed by atoms with van der Waals surface area (Å²) in [5.41, 5.74) is 3.52. The van der Waals surface area contributed by atoms with Crippen LogP contribution in [0.15, 0.2) is 30.3 Å². The number of carbonyl (C=O) groups excluding carboxylic acids is 1. The van der Waals surface area contributed by atoms with Gasteiger partial charge in [-0.2, -0.15) is 0 Å². The van der Waals surface area contributed by atoms with Crippen LogP contribution >= 0.6 is 11.6 Å². The molecule has 0 aliphatic carbocycles. The molecule has 0 saturated carbocycles. The molecule has 0 heterocycles. The molecule has 110 valence electrons. The molecule has 2 aromatic carbocycles. The summed E-state index contributed by atoms with van der Waals surface area (Å²) in [5.74, 6) is -0.841. The van der Waals surface area contributed by atoms with Crippen LogP contribution < -0.4 is 4.74 Å². The Morgan fingerprint density at radius 3 is 2.43 bits per heavy atom. The van der Waals surface area contributed by atoms with Crippen molar-refractivity contribution in [2.45, 2.75) is 20.8 Å². The molecular formula is C17H16ClFO2. The number of Topliss-reactive ketones (excluding diaryl/α,β-unsaturated/α-hetero) is 1. The van der Waals surface area contributed by atoms with Crippen molar-refractivity contribution in [2.75, 3.05) is 6.61 Å². The van der Waals surface area contributed by atoms with Gasteiger partial charge in [0, 0.05) is 5.56 Å². The second-order valence-corrected chi connectivity index (χ2v) is 5.44. The lowest BCUT2D eigenvalue weighted by Gasteiger charge is -2.12. The monoisotopic (exact) mass is 306 g/mol. The van der Waals surface area contributed by atoms with Gasteiger partial charge in [0.25, 0.3) is 0 Å². The fourth-order valence-electron chi connectivity index (χ4n) is 2.43. The quantitative estimate of drug-likeness (QED) is 0.768. The summed E-state index contributed by atoms with van der Waals surface area (Å²) >= 11 is 5.67. The molecule has 0 aliphatic rings. The fraction of sp³-hybridized carbons (Fsp3) is 0.235. The van der Waals surface area contributed by atoms with E-state index in [-0.39, 0.29) is 23.2 Å². The lowest BCUT2D eigenvalue weighted by atomic mass is 9.97. The Morgan fingerprint density at radius 2 is 1.81 bits per heavy atom. The summed E-state index contributed by atoms with van der Waals surface area (Å²) in [6.07, 6.45) is 0. The van der Waals surface area contributed by atoms with Crippen molar-refractivity contribution in [2.24, 2.45) is 0 Å². The third-order valence-electron chi connectivity index (χ3n) is 3.23. The van der Waals surface area contributed by atoms with E-state index in [0.29, 0.717) is 5.56 Å². The van der Waals surface area contributed by atoms with Gasteiger partial charge in [-0.15, -0.1) is 0 Å². The highest BCUT2D eigenvalue weighted by molar-refractivity contribution is 6.30. The lowest BCUT2D eigenvalue weighted by Crippen LogP contribution is -2.15. The maximum Gasteiger partial charge on any atom is 0.200 e. The van der Waals surface area contributed by atoms with E-state index in [1.807, 2.05) is 32.9 Å². The summed E-state index contributed by atoms with van der Waals surface area (Å²) in [6, 6.07) is 8.34. The molecule has 0 atom stereocenters. The highest BCUT2D eigenvalue weighted by Gasteiger charge is 2.15. The van der Waals surface area contributed by atoms with Gasteiger partial charge < -0.3 is 4.74 Å². The van der Waals surface area contributed by atoms with Gasteiger partial charge in [-0.05, 0) is 44.0 Å². The molecule has 0 bridgehead atoms. The summed E-state index contributed by atoms with van der Waals surface area (Å²) in [5, 5.41) is -0.0253. The van der Waals surface area contributed by atoms with Crippen molar-refractivity contribution in [3.63, 3.8) is 0 Å². The van der Waals surface area contributed by atoms with Crippen molar-refractivity contribution in [3.05, 3.63) is 63.4 Å². The molecule has 0 radical (unpaired) electrons. The Balaban J connectivity index is 2.18. The first-order valence-corrected chi connectivity index (χ1v) is 6.96. The maximum absolute atomic E-state index is 13.7. The van der Waals surface area contributed by atoms with Gasteiger partial charge in [-0.25, -0.2) is 4.39 Å². The Labute approximate surface area is 128 Å². The molecule has 4 heteroatoms. The smallest absolute Gasteiger partial charge is 0.200 e. The van der Waals surface area contributed by atoms with Crippen LogP contribution in [-0.2, 0) is 0 Å². The van der Waals surface area contributed by atoms with E-state index in [9.17, 15) is 9.18 Å². The number of aryl methyl sites for hydroxylation is 3. The lowest BCUT2D eigenvalue weighted by molar-refractivity contribution is 0.0917. The number of benzene rings is 2. The first-order valence-electron chi connectivity index (χ1n) is 6.58. The molecular weight excluding hydrogens is 291 g/mol. The average molecular weight is 307 g/mol. The molecule has 21 heavy (non-hydrogen) atoms. The molecule has 0 spiro atoms. The molecule has 0 fully saturated rings. The standard InChI is InChI=1S/C17H16ClFO2/c1-10-7-11(2)16(12(3)8-10)14(20)9-21-15-6-4-5-13(18)17(15)19/h4-8H,9H2,1-3H3. The SMILES string of the molecule is Cc1cc(C)c(C(=O)COc2cccc(Cl)c2F)c(C)c1. The van der Waals surface area contributed by atoms with E-state index in [1.165, 1.54) is 12.1 Å². The van der Waals surface area contributed by atoms with Crippen LogP contribution in [0.2, 0.25) is 5.02 Å². The highest BCUT2D eigenvalue weighted by Crippen LogP contribution is 2.24. The summed E-state index contributed by atoms with van der Waals surface area (Å²) in [4.78, 5) is 12.3. The van der Waals surface area contributed by atoms with Crippen molar-refractivity contribution in [1.82, 2.24) is 0 Å². The van der Waals surface area contributed by atoms with E-state index in [0.717, 1.165) is 16.7 Å². The number of ether oxygens (including phenoxy) is 1. The van der Waals surface area contributed by atoms with Gasteiger partial charge in [-0.1, -0.05) is 35.4 Å². The zero-order chi connectivity index (χ0) is 15.6. The van der Waals surface area contributed by atoms with Gasteiger partial charge >= 0.3 is 0 Å². The van der Waals surface area contributed by atoms with Crippen molar-refractivity contribution >= 4 is 17.4 Å². The molecule has 2 aromatic rings. The zero-order valence-corrected chi connectivity index (χ0v) is 12.9. The molecule has 0 amide bonds. The number of carbonyl (C=O) groups is 1. The normalized spacial score (nSPS) is 10.5. The Bertz CT molecular complexity index is 672. The molecule has 0 aliphatic heterocycles. The third kappa shape index (κ3) is 3.42. The van der Waals surface area contributed by atoms with E-state index in [1.54, 1.807) is 6.07 Å². The number of rotatable bonds is 4. The Morgan fingerprint density at radius 1 is 1.19 bits per heavy atom.